The Morgan fingerprint density at radius 2 is 2.14 bits per heavy atom. The average molecular weight is 290 g/mol. The van der Waals surface area contributed by atoms with E-state index in [2.05, 4.69) is 32.2 Å². The normalized spacial score (nSPS) is 17.6. The fourth-order valence-electron chi connectivity index (χ4n) is 2.48. The largest absolute Gasteiger partial charge is 0.491 e. The molecule has 1 unspecified atom stereocenters. The van der Waals surface area contributed by atoms with Gasteiger partial charge in [-0.2, -0.15) is 0 Å². The Bertz CT molecular complexity index is 524. The summed E-state index contributed by atoms with van der Waals surface area (Å²) in [5, 5.41) is 3.28. The molecule has 4 nitrogen and oxygen atoms in total. The van der Waals surface area contributed by atoms with Crippen LogP contribution in [-0.4, -0.2) is 24.1 Å². The molecule has 0 aromatic heterocycles. The van der Waals surface area contributed by atoms with Gasteiger partial charge in [0.25, 0.3) is 0 Å². The van der Waals surface area contributed by atoms with Crippen molar-refractivity contribution in [2.45, 2.75) is 58.0 Å². The maximum Gasteiger partial charge on any atom is 0.240 e. The Morgan fingerprint density at radius 1 is 1.48 bits per heavy atom. The lowest BCUT2D eigenvalue weighted by Crippen LogP contribution is -2.57. The minimum atomic E-state index is -0.814. The summed E-state index contributed by atoms with van der Waals surface area (Å²) in [6, 6.07) is 6.47. The number of carbonyl (C=O) groups is 1. The summed E-state index contributed by atoms with van der Waals surface area (Å²) in [4.78, 5) is 11.7. The van der Waals surface area contributed by atoms with Gasteiger partial charge in [-0.15, -0.1) is 0 Å². The molecular weight excluding hydrogens is 264 g/mol. The molecule has 1 amide bonds. The minimum absolute atomic E-state index is 0.249. The highest BCUT2D eigenvalue weighted by Crippen LogP contribution is 2.25. The smallest absolute Gasteiger partial charge is 0.240 e. The zero-order chi connectivity index (χ0) is 15.6. The summed E-state index contributed by atoms with van der Waals surface area (Å²) in [6.45, 7) is 8.49. The Labute approximate surface area is 127 Å². The van der Waals surface area contributed by atoms with Crippen LogP contribution in [0.2, 0.25) is 0 Å². The van der Waals surface area contributed by atoms with Crippen molar-refractivity contribution in [1.29, 1.82) is 0 Å². The first-order valence-electron chi connectivity index (χ1n) is 7.63. The van der Waals surface area contributed by atoms with Gasteiger partial charge in [0, 0.05) is 6.04 Å². The number of aryl methyl sites for hydroxylation is 1. The van der Waals surface area contributed by atoms with Gasteiger partial charge in [-0.1, -0.05) is 19.9 Å². The predicted octanol–water partition coefficient (Wildman–Crippen LogP) is 2.49. The van der Waals surface area contributed by atoms with Crippen LogP contribution in [0.4, 0.5) is 0 Å². The van der Waals surface area contributed by atoms with Crippen LogP contribution < -0.4 is 15.8 Å². The molecule has 1 fully saturated rings. The molecule has 0 bridgehead atoms. The van der Waals surface area contributed by atoms with E-state index in [1.165, 1.54) is 11.1 Å². The topological polar surface area (TPSA) is 64.3 Å². The molecule has 116 valence electrons. The number of hydrogen-bond donors (Lipinski definition) is 2. The molecule has 1 aliphatic rings. The van der Waals surface area contributed by atoms with E-state index in [1.54, 1.807) is 0 Å². The predicted molar refractivity (Wildman–Crippen MR) is 84.5 cm³/mol. The first-order chi connectivity index (χ1) is 9.82. The second-order valence-electron chi connectivity index (χ2n) is 6.58. The summed E-state index contributed by atoms with van der Waals surface area (Å²) >= 11 is 0. The molecule has 21 heavy (non-hydrogen) atoms. The van der Waals surface area contributed by atoms with E-state index in [-0.39, 0.29) is 12.5 Å². The third-order valence-electron chi connectivity index (χ3n) is 4.03. The average Bonchev–Trinajstić information content (AvgIpc) is 3.19. The maximum absolute atomic E-state index is 11.7. The van der Waals surface area contributed by atoms with Gasteiger partial charge in [-0.3, -0.25) is 10.1 Å². The quantitative estimate of drug-likeness (QED) is 0.811. The summed E-state index contributed by atoms with van der Waals surface area (Å²) in [5.74, 6) is 0.901. The van der Waals surface area contributed by atoms with E-state index in [4.69, 9.17) is 10.5 Å². The van der Waals surface area contributed by atoms with Gasteiger partial charge in [0.1, 0.15) is 17.9 Å². The summed E-state index contributed by atoms with van der Waals surface area (Å²) < 4.78 is 5.81. The molecule has 4 heteroatoms. The lowest BCUT2D eigenvalue weighted by molar-refractivity contribution is -0.125. The molecule has 1 atom stereocenters. The monoisotopic (exact) mass is 290 g/mol. The Hall–Kier alpha value is -1.55. The molecule has 0 spiro atoms. The van der Waals surface area contributed by atoms with Crippen LogP contribution in [0.1, 0.15) is 50.7 Å². The second kappa shape index (κ2) is 6.06. The van der Waals surface area contributed by atoms with Crippen molar-refractivity contribution >= 4 is 5.91 Å². The van der Waals surface area contributed by atoms with E-state index in [1.807, 2.05) is 19.1 Å². The summed E-state index contributed by atoms with van der Waals surface area (Å²) in [5.41, 5.74) is 7.23. The van der Waals surface area contributed by atoms with Crippen molar-refractivity contribution < 1.29 is 9.53 Å². The van der Waals surface area contributed by atoms with Gasteiger partial charge in [-0.05, 0) is 55.9 Å². The van der Waals surface area contributed by atoms with E-state index in [9.17, 15) is 4.79 Å². The van der Waals surface area contributed by atoms with E-state index in [0.717, 1.165) is 18.6 Å². The van der Waals surface area contributed by atoms with Crippen LogP contribution >= 0.6 is 0 Å². The van der Waals surface area contributed by atoms with Crippen LogP contribution in [0, 0.1) is 6.92 Å². The Kier molecular flexibility index (Phi) is 4.57. The first-order valence-corrected chi connectivity index (χ1v) is 7.63. The number of carbonyl (C=O) groups excluding carboxylic acids is 1. The highest BCUT2D eigenvalue weighted by Gasteiger charge is 2.37. The van der Waals surface area contributed by atoms with Crippen LogP contribution in [0.5, 0.6) is 5.75 Å². The van der Waals surface area contributed by atoms with Gasteiger partial charge >= 0.3 is 0 Å². The molecule has 3 N–H and O–H groups in total. The van der Waals surface area contributed by atoms with E-state index < -0.39 is 5.54 Å². The molecule has 1 aromatic rings. The van der Waals surface area contributed by atoms with Gasteiger partial charge < -0.3 is 10.5 Å². The maximum atomic E-state index is 11.7. The number of nitrogens with two attached hydrogens (primary N) is 1. The van der Waals surface area contributed by atoms with Crippen molar-refractivity contribution in [3.8, 4) is 5.75 Å². The highest BCUT2D eigenvalue weighted by atomic mass is 16.5. The molecular formula is C17H26N2O2. The third kappa shape index (κ3) is 3.97. The SMILES string of the molecule is Cc1cc(OCC(C)(NC2CC2)C(N)=O)ccc1C(C)C. The zero-order valence-corrected chi connectivity index (χ0v) is 13.4. The fraction of sp³-hybridized carbons (Fsp3) is 0.588. The number of benzene rings is 1. The molecule has 1 saturated carbocycles. The van der Waals surface area contributed by atoms with Crippen molar-refractivity contribution in [2.24, 2.45) is 5.73 Å². The van der Waals surface area contributed by atoms with Crippen LogP contribution in [0.25, 0.3) is 0 Å². The zero-order valence-electron chi connectivity index (χ0n) is 13.4. The molecule has 0 saturated heterocycles. The molecule has 0 radical (unpaired) electrons. The molecule has 0 heterocycles. The van der Waals surface area contributed by atoms with Crippen molar-refractivity contribution in [2.75, 3.05) is 6.61 Å². The number of rotatable bonds is 7. The van der Waals surface area contributed by atoms with Gasteiger partial charge in [0.15, 0.2) is 0 Å². The highest BCUT2D eigenvalue weighted by molar-refractivity contribution is 5.84. The number of hydrogen-bond acceptors (Lipinski definition) is 3. The number of ether oxygens (including phenoxy) is 1. The molecule has 1 aromatic carbocycles. The van der Waals surface area contributed by atoms with Gasteiger partial charge in [0.05, 0.1) is 0 Å². The summed E-state index contributed by atoms with van der Waals surface area (Å²) in [7, 11) is 0. The minimum Gasteiger partial charge on any atom is -0.491 e. The van der Waals surface area contributed by atoms with Crippen molar-refractivity contribution in [3.05, 3.63) is 29.3 Å². The van der Waals surface area contributed by atoms with Crippen LogP contribution in [0.15, 0.2) is 18.2 Å². The molecule has 2 rings (SSSR count). The lowest BCUT2D eigenvalue weighted by atomic mass is 9.98. The van der Waals surface area contributed by atoms with E-state index in [0.29, 0.717) is 12.0 Å². The van der Waals surface area contributed by atoms with Crippen LogP contribution in [0.3, 0.4) is 0 Å². The Balaban J connectivity index is 2.03. The first kappa shape index (κ1) is 15.8. The standard InChI is InChI=1S/C17H26N2O2/c1-11(2)15-8-7-14(9-12(15)3)21-10-17(4,16(18)20)19-13-5-6-13/h7-9,11,13,19H,5-6,10H2,1-4H3,(H2,18,20). The Morgan fingerprint density at radius 3 is 2.62 bits per heavy atom. The fourth-order valence-corrected chi connectivity index (χ4v) is 2.48. The van der Waals surface area contributed by atoms with E-state index >= 15 is 0 Å². The number of amides is 1. The lowest BCUT2D eigenvalue weighted by Gasteiger charge is -2.27. The summed E-state index contributed by atoms with van der Waals surface area (Å²) in [6.07, 6.45) is 2.20. The van der Waals surface area contributed by atoms with Gasteiger partial charge in [-0.25, -0.2) is 0 Å². The van der Waals surface area contributed by atoms with Gasteiger partial charge in [0.2, 0.25) is 5.91 Å². The molecule has 1 aliphatic carbocycles. The number of primary amides is 1. The molecule has 0 aliphatic heterocycles. The second-order valence-corrected chi connectivity index (χ2v) is 6.58. The third-order valence-corrected chi connectivity index (χ3v) is 4.03. The van der Waals surface area contributed by atoms with Crippen molar-refractivity contribution in [1.82, 2.24) is 5.32 Å². The number of nitrogens with one attached hydrogen (secondary N) is 1. The van der Waals surface area contributed by atoms with Crippen molar-refractivity contribution in [3.63, 3.8) is 0 Å². The van der Waals surface area contributed by atoms with Crippen LogP contribution in [-0.2, 0) is 4.79 Å².